The largest absolute Gasteiger partial charge is 0.465 e. The number of cyclic esters (lactones) is 1. The quantitative estimate of drug-likeness (QED) is 0.348. The smallest absolute Gasteiger partial charge is 0.313 e. The van der Waals surface area contributed by atoms with Crippen molar-refractivity contribution in [2.45, 2.75) is 49.5 Å². The average molecular weight is 593 g/mol. The molecule has 1 N–H and O–H groups in total. The van der Waals surface area contributed by atoms with Crippen LogP contribution in [0.4, 0.5) is 5.69 Å². The molecule has 0 aromatic heterocycles. The van der Waals surface area contributed by atoms with Crippen LogP contribution in [0.15, 0.2) is 97.1 Å². The Kier molecular flexibility index (Phi) is 7.14. The number of rotatable bonds is 4. The number of carbonyl (C=O) groups is 3. The number of benzene rings is 3. The van der Waals surface area contributed by atoms with E-state index in [4.69, 9.17) is 9.47 Å². The van der Waals surface area contributed by atoms with E-state index in [2.05, 4.69) is 0 Å². The van der Waals surface area contributed by atoms with E-state index in [0.29, 0.717) is 11.3 Å². The van der Waals surface area contributed by atoms with Crippen LogP contribution >= 0.6 is 0 Å². The molecule has 3 aromatic rings. The lowest BCUT2D eigenvalue weighted by Crippen LogP contribution is -2.57. The van der Waals surface area contributed by atoms with E-state index in [1.807, 2.05) is 104 Å². The van der Waals surface area contributed by atoms with Crippen LogP contribution in [0.3, 0.4) is 0 Å². The maximum Gasteiger partial charge on any atom is 0.313 e. The van der Waals surface area contributed by atoms with E-state index >= 15 is 0 Å². The van der Waals surface area contributed by atoms with E-state index in [1.54, 1.807) is 4.90 Å². The van der Waals surface area contributed by atoms with Gasteiger partial charge in [-0.2, -0.15) is 0 Å². The minimum atomic E-state index is -1.46. The Bertz CT molecular complexity index is 1670. The molecule has 8 heteroatoms. The highest BCUT2D eigenvalue weighted by atomic mass is 16.6. The first-order valence-corrected chi connectivity index (χ1v) is 15.4. The van der Waals surface area contributed by atoms with Gasteiger partial charge in [0.05, 0.1) is 30.8 Å². The Morgan fingerprint density at radius 1 is 0.886 bits per heavy atom. The Labute approximate surface area is 256 Å². The van der Waals surface area contributed by atoms with Crippen LogP contribution in [0.5, 0.6) is 0 Å². The molecule has 8 nitrogen and oxygen atoms in total. The van der Waals surface area contributed by atoms with Crippen LogP contribution < -0.4 is 4.90 Å². The first-order valence-electron chi connectivity index (χ1n) is 15.4. The van der Waals surface area contributed by atoms with Gasteiger partial charge in [-0.05, 0) is 54.7 Å². The van der Waals surface area contributed by atoms with Crippen LogP contribution in [-0.2, 0) is 23.9 Å². The van der Waals surface area contributed by atoms with Gasteiger partial charge in [-0.15, -0.1) is 0 Å². The van der Waals surface area contributed by atoms with Crippen molar-refractivity contribution in [2.75, 3.05) is 24.7 Å². The van der Waals surface area contributed by atoms with Gasteiger partial charge in [0.15, 0.2) is 0 Å². The molecule has 4 aliphatic rings. The van der Waals surface area contributed by atoms with E-state index in [9.17, 15) is 19.5 Å². The topological polar surface area (TPSA) is 96.4 Å². The van der Waals surface area contributed by atoms with Gasteiger partial charge in [0.1, 0.15) is 17.6 Å². The summed E-state index contributed by atoms with van der Waals surface area (Å²) in [7, 11) is 0. The van der Waals surface area contributed by atoms with Crippen molar-refractivity contribution >= 4 is 34.2 Å². The summed E-state index contributed by atoms with van der Waals surface area (Å²) in [6.07, 6.45) is 9.93. The Hall–Kier alpha value is -4.27. The molecular weight excluding hydrogens is 556 g/mol. The molecule has 1 spiro atoms. The fourth-order valence-corrected chi connectivity index (χ4v) is 7.68. The van der Waals surface area contributed by atoms with Crippen molar-refractivity contribution < 1.29 is 29.0 Å². The second kappa shape index (κ2) is 11.0. The fraction of sp³-hybridized carbons (Fsp3) is 0.361. The molecule has 0 bridgehead atoms. The van der Waals surface area contributed by atoms with Crippen molar-refractivity contribution in [1.29, 1.82) is 0 Å². The zero-order valence-corrected chi connectivity index (χ0v) is 24.7. The Balaban J connectivity index is 1.40. The fourth-order valence-electron chi connectivity index (χ4n) is 7.68. The molecule has 4 aliphatic heterocycles. The van der Waals surface area contributed by atoms with Gasteiger partial charge < -0.3 is 24.4 Å². The number of ether oxygens (including phenoxy) is 2. The molecule has 6 atom stereocenters. The molecule has 7 rings (SSSR count). The lowest BCUT2D eigenvalue weighted by Gasteiger charge is -2.40. The summed E-state index contributed by atoms with van der Waals surface area (Å²) in [5.41, 5.74) is -1.26. The third-order valence-corrected chi connectivity index (χ3v) is 9.68. The molecule has 2 amide bonds. The van der Waals surface area contributed by atoms with E-state index < -0.39 is 53.6 Å². The monoisotopic (exact) mass is 592 g/mol. The van der Waals surface area contributed by atoms with Crippen LogP contribution in [0.1, 0.15) is 37.8 Å². The third kappa shape index (κ3) is 4.39. The highest BCUT2D eigenvalue weighted by molar-refractivity contribution is 6.06. The molecular formula is C36H36N2O6. The van der Waals surface area contributed by atoms with Crippen molar-refractivity contribution in [3.63, 3.8) is 0 Å². The Morgan fingerprint density at radius 2 is 1.66 bits per heavy atom. The highest BCUT2D eigenvalue weighted by Gasteiger charge is 2.75. The number of carbonyl (C=O) groups excluding carboxylic acids is 3. The summed E-state index contributed by atoms with van der Waals surface area (Å²) >= 11 is 0. The van der Waals surface area contributed by atoms with Crippen molar-refractivity contribution in [3.05, 3.63) is 103 Å². The maximum atomic E-state index is 14.9. The predicted octanol–water partition coefficient (Wildman–Crippen LogP) is 4.73. The minimum Gasteiger partial charge on any atom is -0.465 e. The molecule has 44 heavy (non-hydrogen) atoms. The van der Waals surface area contributed by atoms with Gasteiger partial charge >= 0.3 is 5.97 Å². The normalized spacial score (nSPS) is 31.6. The SMILES string of the molecule is C[C@]12/C=C\CCCCOC(=O)[C@H]1[C@H]1C(=O)N([C@H](CO)c3ccccc3)C3C(=O)N(c4ccc5ccccc5c4)CC=C[C@@]31O2. The standard InChI is InChI=1S/C36H36N2O6/c1-35-18-9-2-3-10-21-43-34(42)30(35)29-32(40)38(28(23-39)25-13-5-4-6-14-25)31-33(41)37(20-11-19-36(29,31)44-35)27-17-16-24-12-7-8-15-26(24)22-27/h4-9,11-19,22,28-31,39H,2-3,10,20-21,23H2,1H3/b18-9-/t28-,29+,30-,31?,35+,36+/m1/s1. The van der Waals surface area contributed by atoms with Gasteiger partial charge in [0.2, 0.25) is 5.91 Å². The second-order valence-electron chi connectivity index (χ2n) is 12.3. The number of aliphatic hydroxyl groups is 1. The summed E-state index contributed by atoms with van der Waals surface area (Å²) in [6.45, 7) is 1.91. The number of nitrogens with zero attached hydrogens (tertiary/aromatic N) is 2. The predicted molar refractivity (Wildman–Crippen MR) is 165 cm³/mol. The molecule has 2 fully saturated rings. The number of anilines is 1. The van der Waals surface area contributed by atoms with Gasteiger partial charge in [-0.3, -0.25) is 14.4 Å². The molecule has 4 heterocycles. The number of hydrogen-bond acceptors (Lipinski definition) is 6. The number of allylic oxidation sites excluding steroid dienone is 1. The number of fused-ring (bicyclic) bond motifs is 3. The molecule has 0 aliphatic carbocycles. The lowest BCUT2D eigenvalue weighted by molar-refractivity contribution is -0.160. The van der Waals surface area contributed by atoms with E-state index in [0.717, 1.165) is 30.0 Å². The zero-order valence-electron chi connectivity index (χ0n) is 24.7. The van der Waals surface area contributed by atoms with Crippen LogP contribution in [-0.4, -0.2) is 64.8 Å². The van der Waals surface area contributed by atoms with E-state index in [-0.39, 0.29) is 19.1 Å². The minimum absolute atomic E-state index is 0.254. The first-order chi connectivity index (χ1) is 21.4. The van der Waals surface area contributed by atoms with Crippen LogP contribution in [0.2, 0.25) is 0 Å². The second-order valence-corrected chi connectivity index (χ2v) is 12.3. The number of likely N-dealkylation sites (tertiary alicyclic amines) is 1. The molecule has 0 radical (unpaired) electrons. The molecule has 3 aromatic carbocycles. The summed E-state index contributed by atoms with van der Waals surface area (Å²) in [6, 6.07) is 21.0. The number of aliphatic hydroxyl groups excluding tert-OH is 1. The number of amides is 2. The number of esters is 1. The molecule has 1 unspecified atom stereocenters. The molecule has 226 valence electrons. The van der Waals surface area contributed by atoms with Gasteiger partial charge in [-0.25, -0.2) is 0 Å². The summed E-state index contributed by atoms with van der Waals surface area (Å²) in [5, 5.41) is 12.8. The van der Waals surface area contributed by atoms with Gasteiger partial charge in [-0.1, -0.05) is 85.0 Å². The third-order valence-electron chi connectivity index (χ3n) is 9.68. The van der Waals surface area contributed by atoms with Crippen molar-refractivity contribution in [3.8, 4) is 0 Å². The molecule has 0 saturated carbocycles. The van der Waals surface area contributed by atoms with Crippen molar-refractivity contribution in [2.24, 2.45) is 11.8 Å². The summed E-state index contributed by atoms with van der Waals surface area (Å²) in [5.74, 6) is -3.25. The van der Waals surface area contributed by atoms with Crippen LogP contribution in [0, 0.1) is 11.8 Å². The van der Waals surface area contributed by atoms with Crippen molar-refractivity contribution in [1.82, 2.24) is 4.90 Å². The summed E-state index contributed by atoms with van der Waals surface area (Å²) < 4.78 is 12.7. The highest BCUT2D eigenvalue weighted by Crippen LogP contribution is 2.58. The van der Waals surface area contributed by atoms with Gasteiger partial charge in [0.25, 0.3) is 5.91 Å². The zero-order chi connectivity index (χ0) is 30.5. The average Bonchev–Trinajstić information content (AvgIpc) is 3.37. The van der Waals surface area contributed by atoms with Gasteiger partial charge in [0, 0.05) is 12.2 Å². The lowest BCUT2D eigenvalue weighted by atomic mass is 9.74. The Morgan fingerprint density at radius 3 is 2.45 bits per heavy atom. The summed E-state index contributed by atoms with van der Waals surface area (Å²) in [4.78, 5) is 46.7. The van der Waals surface area contributed by atoms with E-state index in [1.165, 1.54) is 4.90 Å². The van der Waals surface area contributed by atoms with Crippen LogP contribution in [0.25, 0.3) is 10.8 Å². The maximum absolute atomic E-state index is 14.9. The first kappa shape index (κ1) is 28.5. The number of hydrogen-bond donors (Lipinski definition) is 1. The molecule has 2 saturated heterocycles.